The zero-order valence-electron chi connectivity index (χ0n) is 24.8. The highest BCUT2D eigenvalue weighted by molar-refractivity contribution is 5.91. The molecule has 0 radical (unpaired) electrons. The fraction of sp³-hybridized carbons (Fsp3) is 0.594. The lowest BCUT2D eigenvalue weighted by atomic mass is 9.59. The summed E-state index contributed by atoms with van der Waals surface area (Å²) in [6, 6.07) is 7.64. The number of pyridine rings is 2. The number of methoxy groups -OCH3 is 1. The van der Waals surface area contributed by atoms with Crippen LogP contribution in [0.2, 0.25) is 0 Å². The van der Waals surface area contributed by atoms with Crippen LogP contribution in [0.15, 0.2) is 30.5 Å². The summed E-state index contributed by atoms with van der Waals surface area (Å²) in [6.07, 6.45) is 9.07. The summed E-state index contributed by atoms with van der Waals surface area (Å²) in [6.45, 7) is 9.66. The molecule has 3 aromatic heterocycles. The van der Waals surface area contributed by atoms with E-state index in [4.69, 9.17) is 14.8 Å². The van der Waals surface area contributed by atoms with Gasteiger partial charge in [0, 0.05) is 51.1 Å². The van der Waals surface area contributed by atoms with E-state index in [1.54, 1.807) is 6.07 Å². The molecule has 3 aromatic rings. The molecule has 2 saturated carbocycles. The molecular formula is C32H39N7O3. The summed E-state index contributed by atoms with van der Waals surface area (Å²) in [7, 11) is 1.36. The average molecular weight is 570 g/mol. The number of hydrogen-bond acceptors (Lipinski definition) is 8. The molecule has 0 bridgehead atoms. The number of ether oxygens (including phenoxy) is 1. The Bertz CT molecular complexity index is 1580. The summed E-state index contributed by atoms with van der Waals surface area (Å²) in [4.78, 5) is 41.3. The topological polar surface area (TPSA) is 96.2 Å². The lowest BCUT2D eigenvalue weighted by Gasteiger charge is -2.46. The van der Waals surface area contributed by atoms with Crippen LogP contribution in [0, 0.1) is 35.5 Å². The molecule has 1 amide bonds. The van der Waals surface area contributed by atoms with E-state index in [2.05, 4.69) is 40.9 Å². The molecule has 3 saturated heterocycles. The quantitative estimate of drug-likeness (QED) is 0.428. The molecular weight excluding hydrogens is 530 g/mol. The number of anilines is 2. The Hall–Kier alpha value is -3.69. The molecule has 10 heteroatoms. The number of aryl methyl sites for hydroxylation is 1. The van der Waals surface area contributed by atoms with E-state index in [1.807, 2.05) is 21.5 Å². The Labute approximate surface area is 246 Å². The van der Waals surface area contributed by atoms with Gasteiger partial charge in [-0.05, 0) is 79.5 Å². The third-order valence-electron chi connectivity index (χ3n) is 11.2. The number of aromatic nitrogens is 4. The van der Waals surface area contributed by atoms with Crippen molar-refractivity contribution in [2.24, 2.45) is 28.6 Å². The summed E-state index contributed by atoms with van der Waals surface area (Å²) in [5, 5.41) is 4.69. The molecule has 1 unspecified atom stereocenters. The van der Waals surface area contributed by atoms with Gasteiger partial charge in [0.2, 0.25) is 5.82 Å². The highest BCUT2D eigenvalue weighted by Gasteiger charge is 2.58. The van der Waals surface area contributed by atoms with Gasteiger partial charge in [-0.3, -0.25) is 4.79 Å². The molecule has 3 aliphatic heterocycles. The summed E-state index contributed by atoms with van der Waals surface area (Å²) in [5.41, 5.74) is 4.41. The standard InChI is InChI=1S/C32H39N7O3/c1-20-11-24(36-10-9-31(2,19-36)23-12-32(13-23)7-8-32)18-39-28(20)34-27(35-39)29(40)38-16-21-14-37(15-22(21)17-38)26-6-4-5-25(33-26)30(41)42-3/h4-6,11,18,21-23H,7-10,12-17,19H2,1-3H3/t21-,22+,31?. The van der Waals surface area contributed by atoms with Crippen molar-refractivity contribution in [1.29, 1.82) is 0 Å². The number of nitrogens with zero attached hydrogens (tertiary/aromatic N) is 7. The summed E-state index contributed by atoms with van der Waals surface area (Å²) in [5.74, 6) is 2.06. The van der Waals surface area contributed by atoms with Crippen molar-refractivity contribution in [3.63, 3.8) is 0 Å². The Morgan fingerprint density at radius 2 is 1.76 bits per heavy atom. The van der Waals surface area contributed by atoms with Crippen LogP contribution in [0.1, 0.15) is 65.7 Å². The zero-order chi connectivity index (χ0) is 28.8. The van der Waals surface area contributed by atoms with Crippen molar-refractivity contribution < 1.29 is 14.3 Å². The van der Waals surface area contributed by atoms with Crippen LogP contribution in [0.4, 0.5) is 11.5 Å². The molecule has 3 atom stereocenters. The first-order valence-corrected chi connectivity index (χ1v) is 15.4. The van der Waals surface area contributed by atoms with Gasteiger partial charge < -0.3 is 19.4 Å². The lowest BCUT2D eigenvalue weighted by Crippen LogP contribution is -2.40. The molecule has 220 valence electrons. The largest absolute Gasteiger partial charge is 0.464 e. The second-order valence-corrected chi connectivity index (χ2v) is 14.0. The van der Waals surface area contributed by atoms with Crippen LogP contribution in [0.25, 0.3) is 5.65 Å². The fourth-order valence-corrected chi connectivity index (χ4v) is 8.30. The maximum absolute atomic E-state index is 13.6. The Balaban J connectivity index is 0.938. The van der Waals surface area contributed by atoms with Crippen LogP contribution in [0.5, 0.6) is 0 Å². The number of hydrogen-bond donors (Lipinski definition) is 0. The SMILES string of the molecule is COC(=O)c1cccc(N2C[C@H]3CN(C(=O)c4nc5c(C)cc(N6CCC(C)(C7CC8(CC8)C7)C6)cn5n4)C[C@H]3C2)n1. The maximum atomic E-state index is 13.6. The van der Waals surface area contributed by atoms with Gasteiger partial charge in [-0.15, -0.1) is 5.10 Å². The highest BCUT2D eigenvalue weighted by Crippen LogP contribution is 2.68. The number of rotatable bonds is 5. The van der Waals surface area contributed by atoms with Crippen molar-refractivity contribution in [2.45, 2.75) is 46.0 Å². The van der Waals surface area contributed by atoms with Gasteiger partial charge in [0.05, 0.1) is 19.0 Å². The van der Waals surface area contributed by atoms with Crippen molar-refractivity contribution in [1.82, 2.24) is 24.5 Å². The van der Waals surface area contributed by atoms with E-state index < -0.39 is 5.97 Å². The van der Waals surface area contributed by atoms with Gasteiger partial charge in [-0.1, -0.05) is 13.0 Å². The molecule has 5 fully saturated rings. The van der Waals surface area contributed by atoms with Gasteiger partial charge in [0.25, 0.3) is 5.91 Å². The lowest BCUT2D eigenvalue weighted by molar-refractivity contribution is 0.0487. The van der Waals surface area contributed by atoms with Gasteiger partial charge in [-0.25, -0.2) is 19.3 Å². The Morgan fingerprint density at radius 3 is 2.48 bits per heavy atom. The van der Waals surface area contributed by atoms with Gasteiger partial charge in [0.1, 0.15) is 5.82 Å². The predicted octanol–water partition coefficient (Wildman–Crippen LogP) is 3.83. The first-order chi connectivity index (χ1) is 20.2. The van der Waals surface area contributed by atoms with Gasteiger partial charge in [0.15, 0.2) is 11.3 Å². The number of amides is 1. The Kier molecular flexibility index (Phi) is 5.66. The molecule has 0 aromatic carbocycles. The molecule has 10 nitrogen and oxygen atoms in total. The molecule has 5 aliphatic rings. The van der Waals surface area contributed by atoms with E-state index in [9.17, 15) is 9.59 Å². The van der Waals surface area contributed by atoms with E-state index in [0.29, 0.717) is 36.0 Å². The van der Waals surface area contributed by atoms with Crippen molar-refractivity contribution >= 4 is 29.0 Å². The minimum absolute atomic E-state index is 0.0980. The highest BCUT2D eigenvalue weighted by atomic mass is 16.5. The molecule has 6 heterocycles. The minimum Gasteiger partial charge on any atom is -0.464 e. The van der Waals surface area contributed by atoms with E-state index in [-0.39, 0.29) is 11.7 Å². The first-order valence-electron chi connectivity index (χ1n) is 15.4. The summed E-state index contributed by atoms with van der Waals surface area (Å²) >= 11 is 0. The number of likely N-dealkylation sites (tertiary alicyclic amines) is 1. The van der Waals surface area contributed by atoms with Gasteiger partial charge in [-0.2, -0.15) is 0 Å². The van der Waals surface area contributed by atoms with Crippen LogP contribution in [-0.2, 0) is 4.74 Å². The van der Waals surface area contributed by atoms with E-state index in [1.165, 1.54) is 44.9 Å². The molecule has 0 N–H and O–H groups in total. The smallest absolute Gasteiger partial charge is 0.356 e. The van der Waals surface area contributed by atoms with Crippen LogP contribution < -0.4 is 9.80 Å². The number of carbonyl (C=O) groups excluding carboxylic acids is 2. The number of carbonyl (C=O) groups is 2. The molecule has 42 heavy (non-hydrogen) atoms. The second-order valence-electron chi connectivity index (χ2n) is 14.0. The monoisotopic (exact) mass is 569 g/mol. The van der Waals surface area contributed by atoms with E-state index >= 15 is 0 Å². The normalized spacial score (nSPS) is 28.0. The number of fused-ring (bicyclic) bond motifs is 2. The fourth-order valence-electron chi connectivity index (χ4n) is 8.30. The summed E-state index contributed by atoms with van der Waals surface area (Å²) < 4.78 is 6.64. The third-order valence-corrected chi connectivity index (χ3v) is 11.2. The van der Waals surface area contributed by atoms with E-state index in [0.717, 1.165) is 54.5 Å². The minimum atomic E-state index is -0.436. The van der Waals surface area contributed by atoms with Crippen molar-refractivity contribution in [3.05, 3.63) is 47.5 Å². The van der Waals surface area contributed by atoms with Crippen LogP contribution >= 0.6 is 0 Å². The van der Waals surface area contributed by atoms with Gasteiger partial charge >= 0.3 is 5.97 Å². The first kappa shape index (κ1) is 26.0. The van der Waals surface area contributed by atoms with Crippen molar-refractivity contribution in [3.8, 4) is 0 Å². The average Bonchev–Trinajstić information content (AvgIpc) is 3.28. The second kappa shape index (κ2) is 9.15. The zero-order valence-corrected chi connectivity index (χ0v) is 24.8. The predicted molar refractivity (Wildman–Crippen MR) is 158 cm³/mol. The number of esters is 1. The van der Waals surface area contributed by atoms with Crippen molar-refractivity contribution in [2.75, 3.05) is 56.2 Å². The Morgan fingerprint density at radius 1 is 1.00 bits per heavy atom. The molecule has 1 spiro atoms. The van der Waals surface area contributed by atoms with Crippen LogP contribution in [0.3, 0.4) is 0 Å². The van der Waals surface area contributed by atoms with Crippen LogP contribution in [-0.4, -0.2) is 82.7 Å². The third kappa shape index (κ3) is 4.16. The maximum Gasteiger partial charge on any atom is 0.356 e. The molecule has 8 rings (SSSR count). The molecule has 2 aliphatic carbocycles.